The third-order valence-electron chi connectivity index (χ3n) is 3.60. The van der Waals surface area contributed by atoms with Gasteiger partial charge in [0.05, 0.1) is 32.3 Å². The molecule has 0 unspecified atom stereocenters. The van der Waals surface area contributed by atoms with Crippen molar-refractivity contribution in [1.82, 2.24) is 9.97 Å². The SMILES string of the molecule is [2H]C([2H])([2H])OC([2H])([2H])COc1cc2ncnc(Nc3ccc(Br)c(Br)c3)c2cc1OCC([2H])([2H])OC([2H])([2H])[2H]. The highest BCUT2D eigenvalue weighted by Gasteiger charge is 2.13. The Hall–Kier alpha value is -1.94. The van der Waals surface area contributed by atoms with Crippen LogP contribution in [0.25, 0.3) is 10.9 Å². The summed E-state index contributed by atoms with van der Waals surface area (Å²) in [4.78, 5) is 8.43. The smallest absolute Gasteiger partial charge is 0.163 e. The fourth-order valence-corrected chi connectivity index (χ4v) is 3.00. The number of benzene rings is 2. The quantitative estimate of drug-likeness (QED) is 0.393. The van der Waals surface area contributed by atoms with Crippen molar-refractivity contribution in [3.8, 4) is 11.5 Å². The van der Waals surface area contributed by atoms with E-state index in [0.29, 0.717) is 22.4 Å². The van der Waals surface area contributed by atoms with E-state index in [9.17, 15) is 0 Å². The van der Waals surface area contributed by atoms with Gasteiger partial charge in [-0.15, -0.1) is 0 Å². The van der Waals surface area contributed by atoms with E-state index in [-0.39, 0.29) is 11.5 Å². The number of rotatable bonds is 10. The Kier molecular flexibility index (Phi) is 4.46. The summed E-state index contributed by atoms with van der Waals surface area (Å²) in [7, 11) is -6.07. The molecule has 1 heterocycles. The van der Waals surface area contributed by atoms with Crippen LogP contribution in [-0.4, -0.2) is 50.4 Å². The first-order chi connectivity index (χ1) is 17.8. The van der Waals surface area contributed by atoms with Gasteiger partial charge in [0.1, 0.15) is 25.4 Å². The van der Waals surface area contributed by atoms with Crippen molar-refractivity contribution in [3.05, 3.63) is 45.6 Å². The van der Waals surface area contributed by atoms with Gasteiger partial charge in [-0.2, -0.15) is 0 Å². The molecule has 7 nitrogen and oxygen atoms in total. The third kappa shape index (κ3) is 5.79. The monoisotopic (exact) mass is 535 g/mol. The fourth-order valence-electron chi connectivity index (χ4n) is 2.37. The Balaban J connectivity index is 1.99. The predicted molar refractivity (Wildman–Crippen MR) is 119 cm³/mol. The van der Waals surface area contributed by atoms with Gasteiger partial charge in [0.15, 0.2) is 11.5 Å². The Morgan fingerprint density at radius 1 is 0.966 bits per heavy atom. The van der Waals surface area contributed by atoms with Crippen LogP contribution in [-0.2, 0) is 9.47 Å². The first-order valence-electron chi connectivity index (χ1n) is 13.0. The van der Waals surface area contributed by atoms with Crippen LogP contribution in [0.2, 0.25) is 0 Å². The number of anilines is 2. The molecule has 2 aromatic carbocycles. The van der Waals surface area contributed by atoms with Crippen molar-refractivity contribution >= 4 is 54.3 Å². The van der Waals surface area contributed by atoms with Gasteiger partial charge in [0.2, 0.25) is 0 Å². The summed E-state index contributed by atoms with van der Waals surface area (Å²) in [5.41, 5.74) is 0.968. The zero-order valence-electron chi connectivity index (χ0n) is 24.7. The summed E-state index contributed by atoms with van der Waals surface area (Å²) < 4.78 is 95.5. The third-order valence-corrected chi connectivity index (χ3v) is 5.48. The molecular formula is C20H21Br2N3O4. The molecule has 3 rings (SSSR count). The second kappa shape index (κ2) is 10.7. The van der Waals surface area contributed by atoms with E-state index >= 15 is 0 Å². The lowest BCUT2D eigenvalue weighted by Crippen LogP contribution is -2.09. The Labute approximate surface area is 200 Å². The van der Waals surface area contributed by atoms with Crippen LogP contribution in [0.4, 0.5) is 11.5 Å². The largest absolute Gasteiger partial charge is 0.487 e. The standard InChI is InChI=1S/C20H21Br2N3O4/c1-26-5-7-28-18-10-14-17(11-19(18)29-8-6-27-2)23-12-24-20(14)25-13-3-4-15(21)16(22)9-13/h3-4,9-12H,5-8H2,1-2H3,(H,23,24,25)/i1D3,2D3,5D2,6D2. The minimum absolute atomic E-state index is 0.152. The number of aromatic nitrogens is 2. The van der Waals surface area contributed by atoms with Crippen molar-refractivity contribution in [1.29, 1.82) is 0 Å². The molecule has 0 saturated carbocycles. The lowest BCUT2D eigenvalue weighted by molar-refractivity contribution is 0.132. The second-order valence-corrected chi connectivity index (χ2v) is 7.07. The number of halogens is 2. The summed E-state index contributed by atoms with van der Waals surface area (Å²) in [6.45, 7) is -7.24. The molecule has 1 N–H and O–H groups in total. The number of hydrogen-bond donors (Lipinski definition) is 1. The van der Waals surface area contributed by atoms with Gasteiger partial charge < -0.3 is 24.3 Å². The highest BCUT2D eigenvalue weighted by atomic mass is 79.9. The molecule has 0 aliphatic carbocycles. The highest BCUT2D eigenvalue weighted by Crippen LogP contribution is 2.35. The van der Waals surface area contributed by atoms with Gasteiger partial charge in [-0.05, 0) is 56.1 Å². The van der Waals surface area contributed by atoms with Crippen LogP contribution in [0, 0.1) is 0 Å². The lowest BCUT2D eigenvalue weighted by atomic mass is 10.2. The molecule has 0 spiro atoms. The van der Waals surface area contributed by atoms with Crippen LogP contribution in [0.5, 0.6) is 11.5 Å². The zero-order chi connectivity index (χ0) is 29.2. The van der Waals surface area contributed by atoms with Crippen molar-refractivity contribution in [2.75, 3.05) is 45.7 Å². The topological polar surface area (TPSA) is 74.7 Å². The number of fused-ring (bicyclic) bond motifs is 1. The number of methoxy groups -OCH3 is 2. The molecular weight excluding hydrogens is 506 g/mol. The van der Waals surface area contributed by atoms with E-state index in [1.165, 1.54) is 18.5 Å². The minimum atomic E-state index is -3.04. The summed E-state index contributed by atoms with van der Waals surface area (Å²) in [5.74, 6) is 0.0229. The van der Waals surface area contributed by atoms with E-state index < -0.39 is 40.4 Å². The average Bonchev–Trinajstić information content (AvgIpc) is 2.76. The Morgan fingerprint density at radius 2 is 1.69 bits per heavy atom. The highest BCUT2D eigenvalue weighted by molar-refractivity contribution is 9.13. The maximum atomic E-state index is 7.82. The first kappa shape index (κ1) is 12.0. The van der Waals surface area contributed by atoms with Crippen molar-refractivity contribution in [2.45, 2.75) is 0 Å². The fraction of sp³-hybridized carbons (Fsp3) is 0.300. The van der Waals surface area contributed by atoms with Crippen LogP contribution >= 0.6 is 31.9 Å². The van der Waals surface area contributed by atoms with E-state index in [4.69, 9.17) is 23.2 Å². The van der Waals surface area contributed by atoms with Crippen LogP contribution < -0.4 is 14.8 Å². The van der Waals surface area contributed by atoms with Gasteiger partial charge in [0, 0.05) is 40.2 Å². The summed E-state index contributed by atoms with van der Waals surface area (Å²) in [6.07, 6.45) is 1.27. The molecule has 154 valence electrons. The summed E-state index contributed by atoms with van der Waals surface area (Å²) >= 11 is 6.82. The van der Waals surface area contributed by atoms with Crippen molar-refractivity contribution in [2.24, 2.45) is 0 Å². The lowest BCUT2D eigenvalue weighted by Gasteiger charge is -2.15. The minimum Gasteiger partial charge on any atom is -0.487 e. The number of nitrogens with zero attached hydrogens (tertiary/aromatic N) is 2. The van der Waals surface area contributed by atoms with E-state index in [0.717, 1.165) is 8.95 Å². The molecule has 0 amide bonds. The molecule has 0 aliphatic heterocycles. The number of nitrogens with one attached hydrogen (secondary N) is 1. The van der Waals surface area contributed by atoms with Crippen LogP contribution in [0.15, 0.2) is 45.6 Å². The molecule has 0 fully saturated rings. The first-order valence-corrected chi connectivity index (χ1v) is 9.58. The molecule has 0 radical (unpaired) electrons. The Morgan fingerprint density at radius 3 is 2.38 bits per heavy atom. The second-order valence-electron chi connectivity index (χ2n) is 5.36. The van der Waals surface area contributed by atoms with Crippen LogP contribution in [0.3, 0.4) is 0 Å². The number of ether oxygens (including phenoxy) is 4. The van der Waals surface area contributed by atoms with E-state index in [2.05, 4.69) is 56.6 Å². The maximum Gasteiger partial charge on any atom is 0.163 e. The normalized spacial score (nSPS) is 17.9. The molecule has 3 aromatic rings. The molecule has 9 heteroatoms. The summed E-state index contributed by atoms with van der Waals surface area (Å²) in [5, 5.41) is 3.52. The van der Waals surface area contributed by atoms with Gasteiger partial charge in [-0.25, -0.2) is 9.97 Å². The summed E-state index contributed by atoms with van der Waals surface area (Å²) in [6, 6.07) is 8.11. The van der Waals surface area contributed by atoms with Crippen LogP contribution in [0.1, 0.15) is 13.7 Å². The Bertz CT molecular complexity index is 1330. The molecule has 0 atom stereocenters. The zero-order valence-corrected chi connectivity index (χ0v) is 17.8. The number of hydrogen-bond acceptors (Lipinski definition) is 7. The van der Waals surface area contributed by atoms with E-state index in [1.807, 2.05) is 0 Å². The molecule has 29 heavy (non-hydrogen) atoms. The molecule has 0 aliphatic rings. The van der Waals surface area contributed by atoms with Gasteiger partial charge in [0.25, 0.3) is 0 Å². The van der Waals surface area contributed by atoms with Crippen molar-refractivity contribution in [3.63, 3.8) is 0 Å². The van der Waals surface area contributed by atoms with Gasteiger partial charge in [-0.3, -0.25) is 0 Å². The van der Waals surface area contributed by atoms with Crippen molar-refractivity contribution < 1.29 is 32.7 Å². The molecule has 1 aromatic heterocycles. The van der Waals surface area contributed by atoms with E-state index in [1.54, 1.807) is 18.2 Å². The molecule has 0 saturated heterocycles. The average molecular weight is 537 g/mol. The van der Waals surface area contributed by atoms with Gasteiger partial charge in [-0.1, -0.05) is 0 Å². The van der Waals surface area contributed by atoms with Gasteiger partial charge >= 0.3 is 0 Å². The predicted octanol–water partition coefficient (Wildman–Crippen LogP) is 4.95. The maximum absolute atomic E-state index is 7.82. The molecule has 0 bridgehead atoms.